The summed E-state index contributed by atoms with van der Waals surface area (Å²) >= 11 is 3.89. The van der Waals surface area contributed by atoms with Gasteiger partial charge in [-0.2, -0.15) is 5.26 Å². The fourth-order valence-electron chi connectivity index (χ4n) is 5.59. The minimum Gasteiger partial charge on any atom is -0.192 e. The summed E-state index contributed by atoms with van der Waals surface area (Å²) < 4.78 is 1.23. The van der Waals surface area contributed by atoms with Crippen molar-refractivity contribution in [3.8, 4) is 28.3 Å². The summed E-state index contributed by atoms with van der Waals surface area (Å²) in [6, 6.07) is 23.7. The Kier molecular flexibility index (Phi) is 4.23. The Bertz CT molecular complexity index is 1500. The molecule has 0 unspecified atom stereocenters. The van der Waals surface area contributed by atoms with Crippen LogP contribution in [-0.2, 0) is 11.8 Å². The van der Waals surface area contributed by atoms with Gasteiger partial charge in [0.15, 0.2) is 0 Å². The molecular formula is C30H22BrN. The normalized spacial score (nSPS) is 15.2. The van der Waals surface area contributed by atoms with Gasteiger partial charge in [0.2, 0.25) is 0 Å². The molecule has 0 saturated carbocycles. The molecule has 4 aromatic rings. The predicted molar refractivity (Wildman–Crippen MR) is 137 cm³/mol. The van der Waals surface area contributed by atoms with Crippen molar-refractivity contribution in [3.05, 3.63) is 99.0 Å². The van der Waals surface area contributed by atoms with Gasteiger partial charge in [0.25, 0.3) is 0 Å². The maximum absolute atomic E-state index is 9.23. The second-order valence-corrected chi connectivity index (χ2v) is 10.2. The van der Waals surface area contributed by atoms with Crippen LogP contribution < -0.4 is 0 Å². The van der Waals surface area contributed by atoms with E-state index in [0.29, 0.717) is 5.56 Å². The molecule has 0 fully saturated rings. The van der Waals surface area contributed by atoms with E-state index in [-0.39, 0.29) is 5.41 Å². The van der Waals surface area contributed by atoms with E-state index in [1.807, 2.05) is 12.1 Å². The van der Waals surface area contributed by atoms with Crippen LogP contribution in [0, 0.1) is 11.3 Å². The minimum atomic E-state index is -0.0983. The summed E-state index contributed by atoms with van der Waals surface area (Å²) in [6.45, 7) is 4.70. The standard InChI is InChI=1S/C30H22BrN/c1-30(2)25-15-24(19-13-11-18(17-32)12-14-19)20-7-3-5-9-22(20)28(25)29-23-10-6-4-8-21(23)27(31)16-26(29)30/h3,5-7,9-16H,4,8H2,1-2H3. The second-order valence-electron chi connectivity index (χ2n) is 9.32. The van der Waals surface area contributed by atoms with E-state index in [0.717, 1.165) is 18.4 Å². The smallest absolute Gasteiger partial charge is 0.0991 e. The van der Waals surface area contributed by atoms with E-state index in [2.05, 4.69) is 96.5 Å². The number of benzene rings is 4. The number of fused-ring (bicyclic) bond motifs is 7. The fourth-order valence-corrected chi connectivity index (χ4v) is 6.23. The third-order valence-electron chi connectivity index (χ3n) is 7.23. The molecule has 1 nitrogen and oxygen atoms in total. The molecule has 0 aromatic heterocycles. The molecule has 2 aliphatic carbocycles. The highest BCUT2D eigenvalue weighted by Crippen LogP contribution is 2.56. The van der Waals surface area contributed by atoms with Crippen molar-refractivity contribution in [2.45, 2.75) is 32.1 Å². The zero-order valence-electron chi connectivity index (χ0n) is 18.2. The third-order valence-corrected chi connectivity index (χ3v) is 7.94. The lowest BCUT2D eigenvalue weighted by atomic mass is 9.80. The van der Waals surface area contributed by atoms with Crippen LogP contribution >= 0.6 is 15.9 Å². The summed E-state index contributed by atoms with van der Waals surface area (Å²) in [7, 11) is 0. The van der Waals surface area contributed by atoms with Crippen LogP contribution in [0.25, 0.3) is 39.1 Å². The van der Waals surface area contributed by atoms with Gasteiger partial charge >= 0.3 is 0 Å². The molecule has 0 atom stereocenters. The Hall–Kier alpha value is -3.15. The van der Waals surface area contributed by atoms with Crippen molar-refractivity contribution in [1.82, 2.24) is 0 Å². The van der Waals surface area contributed by atoms with E-state index >= 15 is 0 Å². The van der Waals surface area contributed by atoms with E-state index in [1.54, 1.807) is 0 Å². The van der Waals surface area contributed by atoms with E-state index in [1.165, 1.54) is 54.2 Å². The van der Waals surface area contributed by atoms with E-state index < -0.39 is 0 Å². The van der Waals surface area contributed by atoms with Crippen LogP contribution in [0.4, 0.5) is 0 Å². The van der Waals surface area contributed by atoms with Gasteiger partial charge in [0, 0.05) is 9.89 Å². The minimum absolute atomic E-state index is 0.0983. The van der Waals surface area contributed by atoms with Gasteiger partial charge in [-0.15, -0.1) is 0 Å². The molecule has 0 radical (unpaired) electrons. The molecule has 0 saturated heterocycles. The zero-order valence-corrected chi connectivity index (χ0v) is 19.8. The Morgan fingerprint density at radius 2 is 1.62 bits per heavy atom. The number of halogens is 1. The highest BCUT2D eigenvalue weighted by molar-refractivity contribution is 9.10. The van der Waals surface area contributed by atoms with Gasteiger partial charge in [-0.1, -0.05) is 78.3 Å². The first kappa shape index (κ1) is 19.5. The average molecular weight is 476 g/mol. The molecule has 0 bridgehead atoms. The van der Waals surface area contributed by atoms with Crippen LogP contribution in [0.1, 0.15) is 48.1 Å². The van der Waals surface area contributed by atoms with Gasteiger partial charge in [-0.3, -0.25) is 0 Å². The third kappa shape index (κ3) is 2.61. The van der Waals surface area contributed by atoms with Crippen molar-refractivity contribution in [2.24, 2.45) is 0 Å². The first-order chi connectivity index (χ1) is 15.5. The lowest BCUT2D eigenvalue weighted by molar-refractivity contribution is 0.660. The molecule has 0 spiro atoms. The van der Waals surface area contributed by atoms with Gasteiger partial charge < -0.3 is 0 Å². The number of hydrogen-bond donors (Lipinski definition) is 0. The quantitative estimate of drug-likeness (QED) is 0.271. The monoisotopic (exact) mass is 475 g/mol. The van der Waals surface area contributed by atoms with Crippen molar-refractivity contribution in [3.63, 3.8) is 0 Å². The first-order valence-corrected chi connectivity index (χ1v) is 11.9. The number of allylic oxidation sites excluding steroid dienone is 1. The Balaban J connectivity index is 1.73. The molecule has 0 N–H and O–H groups in total. The highest BCUT2D eigenvalue weighted by atomic mass is 79.9. The summed E-state index contributed by atoms with van der Waals surface area (Å²) in [6.07, 6.45) is 6.82. The van der Waals surface area contributed by atoms with Crippen LogP contribution in [0.2, 0.25) is 0 Å². The maximum Gasteiger partial charge on any atom is 0.0991 e. The van der Waals surface area contributed by atoms with Crippen LogP contribution in [0.5, 0.6) is 0 Å². The molecule has 32 heavy (non-hydrogen) atoms. The SMILES string of the molecule is CC1(C)c2cc(Br)c3c(c2-c2c1cc(-c1ccc(C#N)cc1)c1ccccc21)C=CCC3. The molecule has 0 aliphatic heterocycles. The number of nitrogens with zero attached hydrogens (tertiary/aromatic N) is 1. The Morgan fingerprint density at radius 1 is 0.906 bits per heavy atom. The summed E-state index contributed by atoms with van der Waals surface area (Å²) in [5.74, 6) is 0. The largest absolute Gasteiger partial charge is 0.192 e. The predicted octanol–water partition coefficient (Wildman–Crippen LogP) is 8.41. The van der Waals surface area contributed by atoms with Crippen molar-refractivity contribution < 1.29 is 0 Å². The second kappa shape index (κ2) is 6.92. The van der Waals surface area contributed by atoms with Gasteiger partial charge in [0.05, 0.1) is 11.6 Å². The Morgan fingerprint density at radius 3 is 2.38 bits per heavy atom. The molecule has 6 rings (SSSR count). The van der Waals surface area contributed by atoms with E-state index in [4.69, 9.17) is 0 Å². The van der Waals surface area contributed by atoms with Gasteiger partial charge in [0.1, 0.15) is 0 Å². The highest BCUT2D eigenvalue weighted by Gasteiger charge is 2.39. The fraction of sp³-hybridized carbons (Fsp3) is 0.167. The molecule has 4 aromatic carbocycles. The molecule has 2 aliphatic rings. The number of nitriles is 1. The molecular weight excluding hydrogens is 454 g/mol. The molecule has 0 heterocycles. The van der Waals surface area contributed by atoms with Crippen molar-refractivity contribution >= 4 is 32.8 Å². The van der Waals surface area contributed by atoms with Crippen LogP contribution in [-0.4, -0.2) is 0 Å². The van der Waals surface area contributed by atoms with Gasteiger partial charge in [-0.25, -0.2) is 0 Å². The lowest BCUT2D eigenvalue weighted by Crippen LogP contribution is -2.16. The van der Waals surface area contributed by atoms with Gasteiger partial charge in [-0.05, 0) is 92.4 Å². The molecule has 154 valence electrons. The number of rotatable bonds is 1. The summed E-state index contributed by atoms with van der Waals surface area (Å²) in [4.78, 5) is 0. The lowest BCUT2D eigenvalue weighted by Gasteiger charge is -2.24. The molecule has 2 heteroatoms. The van der Waals surface area contributed by atoms with Crippen LogP contribution in [0.3, 0.4) is 0 Å². The first-order valence-electron chi connectivity index (χ1n) is 11.1. The summed E-state index contributed by atoms with van der Waals surface area (Å²) in [5, 5.41) is 11.8. The zero-order chi connectivity index (χ0) is 22.0. The van der Waals surface area contributed by atoms with Crippen molar-refractivity contribution in [2.75, 3.05) is 0 Å². The summed E-state index contributed by atoms with van der Waals surface area (Å²) in [5.41, 5.74) is 11.3. The van der Waals surface area contributed by atoms with Crippen LogP contribution in [0.15, 0.2) is 71.2 Å². The average Bonchev–Trinajstić information content (AvgIpc) is 3.06. The maximum atomic E-state index is 9.23. The number of hydrogen-bond acceptors (Lipinski definition) is 1. The van der Waals surface area contributed by atoms with Crippen molar-refractivity contribution in [1.29, 1.82) is 5.26 Å². The topological polar surface area (TPSA) is 23.8 Å². The Labute approximate surface area is 197 Å². The van der Waals surface area contributed by atoms with E-state index in [9.17, 15) is 5.26 Å². The molecule has 0 amide bonds.